The average Bonchev–Trinajstić information content (AvgIpc) is 3.22. The Morgan fingerprint density at radius 3 is 2.25 bits per heavy atom. The second kappa shape index (κ2) is 15.6. The summed E-state index contributed by atoms with van der Waals surface area (Å²) in [6.07, 6.45) is 6.59. The van der Waals surface area contributed by atoms with Gasteiger partial charge in [-0.1, -0.05) is 70.7 Å². The fourth-order valence-electron chi connectivity index (χ4n) is 4.95. The topological polar surface area (TPSA) is 50.2 Å². The Balaban J connectivity index is 0.000000307. The number of aliphatic hydroxyl groups is 1. The van der Waals surface area contributed by atoms with E-state index in [0.717, 1.165) is 47.0 Å². The first kappa shape index (κ1) is 33.8. The minimum absolute atomic E-state index is 0. The summed E-state index contributed by atoms with van der Waals surface area (Å²) in [5.74, 6) is 0.805. The molecule has 4 aromatic rings. The first-order valence-corrected chi connectivity index (χ1v) is 14.9. The van der Waals surface area contributed by atoms with Crippen LogP contribution in [0.5, 0.6) is 0 Å². The fourth-order valence-corrected chi connectivity index (χ4v) is 5.98. The number of hydrogen-bond acceptors (Lipinski definition) is 4. The SMILES string of the molecule is CCC(CC)C(=O)/C=C(\O)C(CC)CC.Cc1sc2c(-c3[c-]c4ccccc4c(C(C)C)c3)nccc2c1F.[Ir]. The zero-order valence-corrected chi connectivity index (χ0v) is 27.8. The van der Waals surface area contributed by atoms with Crippen molar-refractivity contribution >= 4 is 38.0 Å². The van der Waals surface area contributed by atoms with Crippen LogP contribution in [0.25, 0.3) is 32.1 Å². The van der Waals surface area contributed by atoms with Gasteiger partial charge in [0, 0.05) is 64.9 Å². The zero-order valence-electron chi connectivity index (χ0n) is 24.6. The molecule has 2 heterocycles. The molecule has 217 valence electrons. The number of nitrogens with zero attached hydrogens (tertiary/aromatic N) is 1. The zero-order chi connectivity index (χ0) is 28.7. The molecule has 0 unspecified atom stereocenters. The van der Waals surface area contributed by atoms with Crippen LogP contribution in [0.15, 0.2) is 54.4 Å². The summed E-state index contributed by atoms with van der Waals surface area (Å²) >= 11 is 1.46. The Hall–Kier alpha value is -2.40. The van der Waals surface area contributed by atoms with Crippen molar-refractivity contribution in [2.45, 2.75) is 80.1 Å². The number of carbonyl (C=O) groups excluding carboxylic acids is 1. The molecule has 0 saturated heterocycles. The maximum Gasteiger partial charge on any atom is 0.162 e. The molecular formula is C34H41FIrNO2S-. The van der Waals surface area contributed by atoms with Gasteiger partial charge in [0.05, 0.1) is 5.76 Å². The Kier molecular flexibility index (Phi) is 13.1. The van der Waals surface area contributed by atoms with Crippen LogP contribution < -0.4 is 0 Å². The second-order valence-corrected chi connectivity index (χ2v) is 11.6. The molecule has 1 N–H and O–H groups in total. The molecule has 6 heteroatoms. The smallest absolute Gasteiger partial charge is 0.162 e. The molecule has 0 aliphatic rings. The number of ketones is 1. The van der Waals surface area contributed by atoms with Crippen LogP contribution in [0.3, 0.4) is 0 Å². The van der Waals surface area contributed by atoms with E-state index in [4.69, 9.17) is 0 Å². The van der Waals surface area contributed by atoms with Gasteiger partial charge in [-0.15, -0.1) is 40.5 Å². The number of hydrogen-bond donors (Lipinski definition) is 1. The third-order valence-electron chi connectivity index (χ3n) is 7.47. The van der Waals surface area contributed by atoms with Crippen molar-refractivity contribution in [2.75, 3.05) is 0 Å². The normalized spacial score (nSPS) is 11.7. The Labute approximate surface area is 256 Å². The maximum absolute atomic E-state index is 14.3. The quantitative estimate of drug-likeness (QED) is 0.106. The summed E-state index contributed by atoms with van der Waals surface area (Å²) in [6, 6.07) is 15.7. The molecule has 4 rings (SSSR count). The molecule has 3 nitrogen and oxygen atoms in total. The predicted molar refractivity (Wildman–Crippen MR) is 164 cm³/mol. The summed E-state index contributed by atoms with van der Waals surface area (Å²) in [5, 5.41) is 12.7. The van der Waals surface area contributed by atoms with E-state index in [-0.39, 0.29) is 49.3 Å². The summed E-state index contributed by atoms with van der Waals surface area (Å²) in [4.78, 5) is 17.0. The van der Waals surface area contributed by atoms with Gasteiger partial charge in [-0.2, -0.15) is 0 Å². The van der Waals surface area contributed by atoms with Gasteiger partial charge in [0.25, 0.3) is 0 Å². The van der Waals surface area contributed by atoms with Gasteiger partial charge >= 0.3 is 0 Å². The number of aliphatic hydroxyl groups excluding tert-OH is 1. The van der Waals surface area contributed by atoms with E-state index in [1.54, 1.807) is 12.3 Å². The number of aromatic nitrogens is 1. The van der Waals surface area contributed by atoms with Gasteiger partial charge in [0.2, 0.25) is 0 Å². The van der Waals surface area contributed by atoms with E-state index in [0.29, 0.717) is 16.2 Å². The number of benzene rings is 2. The molecule has 0 atom stereocenters. The van der Waals surface area contributed by atoms with Crippen LogP contribution in [-0.4, -0.2) is 15.9 Å². The summed E-state index contributed by atoms with van der Waals surface area (Å²) in [7, 11) is 0. The van der Waals surface area contributed by atoms with Crippen molar-refractivity contribution in [1.29, 1.82) is 0 Å². The average molecular weight is 739 g/mol. The van der Waals surface area contributed by atoms with Crippen LogP contribution in [0.4, 0.5) is 4.39 Å². The van der Waals surface area contributed by atoms with Crippen molar-refractivity contribution in [3.8, 4) is 11.3 Å². The predicted octanol–water partition coefficient (Wildman–Crippen LogP) is 10.4. The van der Waals surface area contributed by atoms with Crippen molar-refractivity contribution < 1.29 is 34.4 Å². The van der Waals surface area contributed by atoms with Gasteiger partial charge in [-0.25, -0.2) is 4.39 Å². The van der Waals surface area contributed by atoms with Crippen molar-refractivity contribution in [1.82, 2.24) is 4.98 Å². The van der Waals surface area contributed by atoms with Crippen LogP contribution in [0.1, 0.15) is 83.6 Å². The minimum atomic E-state index is -0.136. The number of carbonyl (C=O) groups is 1. The van der Waals surface area contributed by atoms with Gasteiger partial charge in [-0.3, -0.25) is 9.78 Å². The molecule has 0 aliphatic carbocycles. The maximum atomic E-state index is 14.3. The molecule has 1 radical (unpaired) electrons. The Bertz CT molecular complexity index is 1450. The molecule has 0 amide bonds. The van der Waals surface area contributed by atoms with E-state index >= 15 is 0 Å². The van der Waals surface area contributed by atoms with Gasteiger partial charge in [0.15, 0.2) is 5.78 Å². The Morgan fingerprint density at radius 2 is 1.65 bits per heavy atom. The summed E-state index contributed by atoms with van der Waals surface area (Å²) in [5.41, 5.74) is 3.02. The standard InChI is InChI=1S/C21H17FNS.C13H24O2.Ir/c1-12(2)18-11-15(10-14-6-4-5-7-16(14)18)20-21-17(8-9-23-20)19(22)13(3)24-21;1-5-10(6-2)12(14)9-13(15)11(7-3)8-4;/h4-9,11-12H,1-3H3;9-11,14H,5-8H2,1-4H3;/q-1;;/b;12-9-;. The molecule has 0 fully saturated rings. The van der Waals surface area contributed by atoms with Crippen molar-refractivity contribution in [2.24, 2.45) is 11.8 Å². The molecule has 0 aliphatic heterocycles. The Morgan fingerprint density at radius 1 is 1.02 bits per heavy atom. The molecule has 0 bridgehead atoms. The number of aryl methyl sites for hydroxylation is 1. The second-order valence-electron chi connectivity index (χ2n) is 10.3. The number of pyridine rings is 1. The summed E-state index contributed by atoms with van der Waals surface area (Å²) in [6.45, 7) is 14.3. The first-order chi connectivity index (χ1) is 18.7. The number of thiophene rings is 1. The van der Waals surface area contributed by atoms with Crippen LogP contribution in [0, 0.1) is 30.6 Å². The third kappa shape index (κ3) is 7.66. The van der Waals surface area contributed by atoms with Gasteiger partial charge in [-0.05, 0) is 44.6 Å². The monoisotopic (exact) mass is 739 g/mol. The summed E-state index contributed by atoms with van der Waals surface area (Å²) < 4.78 is 15.2. The number of allylic oxidation sites excluding steroid dienone is 2. The van der Waals surface area contributed by atoms with Crippen molar-refractivity contribution in [3.05, 3.63) is 76.8 Å². The van der Waals surface area contributed by atoms with Crippen LogP contribution >= 0.6 is 11.3 Å². The van der Waals surface area contributed by atoms with E-state index in [1.807, 2.05) is 40.7 Å². The third-order valence-corrected chi connectivity index (χ3v) is 8.57. The molecule has 2 aromatic heterocycles. The minimum Gasteiger partial charge on any atom is -0.512 e. The number of rotatable bonds is 9. The molecule has 40 heavy (non-hydrogen) atoms. The van der Waals surface area contributed by atoms with Gasteiger partial charge in [0.1, 0.15) is 5.82 Å². The van der Waals surface area contributed by atoms with E-state index in [1.165, 1.54) is 28.4 Å². The largest absolute Gasteiger partial charge is 0.512 e. The van der Waals surface area contributed by atoms with Crippen LogP contribution in [-0.2, 0) is 24.9 Å². The van der Waals surface area contributed by atoms with Gasteiger partial charge < -0.3 is 5.11 Å². The number of fused-ring (bicyclic) bond motifs is 2. The molecule has 0 saturated carbocycles. The van der Waals surface area contributed by atoms with Crippen LogP contribution in [0.2, 0.25) is 0 Å². The van der Waals surface area contributed by atoms with E-state index in [2.05, 4.69) is 49.2 Å². The molecular weight excluding hydrogens is 698 g/mol. The van der Waals surface area contributed by atoms with Crippen molar-refractivity contribution in [3.63, 3.8) is 0 Å². The first-order valence-electron chi connectivity index (χ1n) is 14.1. The fraction of sp³-hybridized carbons (Fsp3) is 0.412. The molecule has 0 spiro atoms. The van der Waals surface area contributed by atoms with E-state index < -0.39 is 0 Å². The number of halogens is 1. The molecule has 2 aromatic carbocycles. The van der Waals surface area contributed by atoms with E-state index in [9.17, 15) is 14.3 Å².